The number of carbonyl (C=O) groups is 1. The molecule has 3 rings (SSSR count). The summed E-state index contributed by atoms with van der Waals surface area (Å²) in [5.41, 5.74) is 2.06. The average Bonchev–Trinajstić information content (AvgIpc) is 2.84. The van der Waals surface area contributed by atoms with Crippen LogP contribution in [0, 0.1) is 11.8 Å². The van der Waals surface area contributed by atoms with Crippen LogP contribution in [0.5, 0.6) is 0 Å². The van der Waals surface area contributed by atoms with Crippen LogP contribution < -0.4 is 0 Å². The third-order valence-electron chi connectivity index (χ3n) is 7.65. The lowest BCUT2D eigenvalue weighted by molar-refractivity contribution is -0.192. The van der Waals surface area contributed by atoms with Crippen molar-refractivity contribution in [2.75, 3.05) is 13.1 Å². The zero-order chi connectivity index (χ0) is 29.1. The molecule has 0 bridgehead atoms. The van der Waals surface area contributed by atoms with Crippen LogP contribution in [0.1, 0.15) is 88.8 Å². The summed E-state index contributed by atoms with van der Waals surface area (Å²) in [5, 5.41) is 0. The standard InChI is InChI=1S/C31H39F6NO/c1-19(2)12-13-38-18-23(8-11-29(38)31(35,36)37)25-15-24(22-6-9-27(10-7-22)30(32,33)34)16-26(17-25)28(21(5)39)14-20(3)4/h6-7,9-10,15-17,19-20,23,28-29H,8,11-14,18H2,1-5H3/t23-,28+,29-/m1/s1. The molecule has 0 aromatic heterocycles. The zero-order valence-electron chi connectivity index (χ0n) is 23.3. The number of ketones is 1. The van der Waals surface area contributed by atoms with Gasteiger partial charge in [-0.05, 0) is 91.3 Å². The molecule has 0 unspecified atom stereocenters. The van der Waals surface area contributed by atoms with Crippen LogP contribution in [0.15, 0.2) is 42.5 Å². The third-order valence-corrected chi connectivity index (χ3v) is 7.65. The number of hydrogen-bond donors (Lipinski definition) is 0. The van der Waals surface area contributed by atoms with Gasteiger partial charge >= 0.3 is 12.4 Å². The van der Waals surface area contributed by atoms with Crippen molar-refractivity contribution in [1.29, 1.82) is 0 Å². The Kier molecular flexibility index (Phi) is 9.95. The number of Topliss-reactive ketones (excluding diaryl/α,β-unsaturated/α-hetero) is 1. The summed E-state index contributed by atoms with van der Waals surface area (Å²) in [5.74, 6) is -0.108. The van der Waals surface area contributed by atoms with Gasteiger partial charge in [0.1, 0.15) is 11.8 Å². The number of benzene rings is 2. The molecule has 1 aliphatic rings. The Morgan fingerprint density at radius 1 is 0.897 bits per heavy atom. The van der Waals surface area contributed by atoms with Crippen LogP contribution in [0.2, 0.25) is 0 Å². The minimum Gasteiger partial charge on any atom is -0.299 e. The van der Waals surface area contributed by atoms with Crippen molar-refractivity contribution in [2.45, 2.75) is 90.5 Å². The molecule has 1 heterocycles. The number of carbonyl (C=O) groups excluding carboxylic acids is 1. The first kappa shape index (κ1) is 31.2. The fraction of sp³-hybridized carbons (Fsp3) is 0.581. The summed E-state index contributed by atoms with van der Waals surface area (Å²) < 4.78 is 81.1. The van der Waals surface area contributed by atoms with E-state index in [2.05, 4.69) is 0 Å². The van der Waals surface area contributed by atoms with Crippen molar-refractivity contribution >= 4 is 5.78 Å². The van der Waals surface area contributed by atoms with E-state index in [9.17, 15) is 31.1 Å². The molecular formula is C31H39F6NO. The molecule has 216 valence electrons. The Morgan fingerprint density at radius 2 is 1.54 bits per heavy atom. The maximum absolute atomic E-state index is 13.9. The van der Waals surface area contributed by atoms with Crippen molar-refractivity contribution in [3.8, 4) is 11.1 Å². The highest BCUT2D eigenvalue weighted by Crippen LogP contribution is 2.40. The van der Waals surface area contributed by atoms with Crippen molar-refractivity contribution in [3.05, 3.63) is 59.2 Å². The maximum atomic E-state index is 13.9. The Balaban J connectivity index is 2.05. The lowest BCUT2D eigenvalue weighted by Gasteiger charge is -2.41. The van der Waals surface area contributed by atoms with E-state index in [0.717, 1.165) is 23.3 Å². The van der Waals surface area contributed by atoms with Gasteiger partial charge in [-0.1, -0.05) is 58.0 Å². The van der Waals surface area contributed by atoms with E-state index in [1.54, 1.807) is 0 Å². The van der Waals surface area contributed by atoms with E-state index in [1.807, 2.05) is 45.9 Å². The van der Waals surface area contributed by atoms with Gasteiger partial charge in [0.15, 0.2) is 0 Å². The van der Waals surface area contributed by atoms with Crippen LogP contribution >= 0.6 is 0 Å². The largest absolute Gasteiger partial charge is 0.416 e. The van der Waals surface area contributed by atoms with Crippen molar-refractivity contribution < 1.29 is 31.1 Å². The highest BCUT2D eigenvalue weighted by atomic mass is 19.4. The van der Waals surface area contributed by atoms with Gasteiger partial charge in [-0.3, -0.25) is 9.69 Å². The van der Waals surface area contributed by atoms with Gasteiger partial charge < -0.3 is 0 Å². The molecule has 0 N–H and O–H groups in total. The van der Waals surface area contributed by atoms with E-state index >= 15 is 0 Å². The molecule has 1 saturated heterocycles. The molecule has 0 spiro atoms. The number of piperidine rings is 1. The molecule has 1 fully saturated rings. The summed E-state index contributed by atoms with van der Waals surface area (Å²) in [6.07, 6.45) is -7.20. The van der Waals surface area contributed by atoms with E-state index in [0.29, 0.717) is 36.9 Å². The van der Waals surface area contributed by atoms with Crippen molar-refractivity contribution in [2.24, 2.45) is 11.8 Å². The summed E-state index contributed by atoms with van der Waals surface area (Å²) in [4.78, 5) is 14.2. The van der Waals surface area contributed by atoms with Gasteiger partial charge in [-0.25, -0.2) is 0 Å². The lowest BCUT2D eigenvalue weighted by atomic mass is 9.81. The Bertz CT molecular complexity index is 1100. The Labute approximate surface area is 227 Å². The van der Waals surface area contributed by atoms with Crippen LogP contribution in [-0.4, -0.2) is 36.0 Å². The highest BCUT2D eigenvalue weighted by molar-refractivity contribution is 5.84. The molecule has 2 aromatic rings. The molecule has 3 atom stereocenters. The predicted octanol–water partition coefficient (Wildman–Crippen LogP) is 9.25. The molecular weight excluding hydrogens is 516 g/mol. The van der Waals surface area contributed by atoms with Gasteiger partial charge in [-0.2, -0.15) is 26.3 Å². The zero-order valence-corrected chi connectivity index (χ0v) is 23.3. The fourth-order valence-electron chi connectivity index (χ4n) is 5.50. The predicted molar refractivity (Wildman–Crippen MR) is 143 cm³/mol. The second-order valence-corrected chi connectivity index (χ2v) is 11.8. The van der Waals surface area contributed by atoms with Crippen LogP contribution in [0.4, 0.5) is 26.3 Å². The van der Waals surface area contributed by atoms with Gasteiger partial charge in [-0.15, -0.1) is 0 Å². The summed E-state index contributed by atoms with van der Waals surface area (Å²) >= 11 is 0. The van der Waals surface area contributed by atoms with Crippen molar-refractivity contribution in [1.82, 2.24) is 4.90 Å². The number of nitrogens with zero attached hydrogens (tertiary/aromatic N) is 1. The number of halogens is 6. The fourth-order valence-corrected chi connectivity index (χ4v) is 5.50. The quantitative estimate of drug-likeness (QED) is 0.288. The second-order valence-electron chi connectivity index (χ2n) is 11.8. The van der Waals surface area contributed by atoms with Gasteiger partial charge in [0.25, 0.3) is 0 Å². The number of rotatable bonds is 9. The van der Waals surface area contributed by atoms with Gasteiger partial charge in [0, 0.05) is 12.5 Å². The first-order chi connectivity index (χ1) is 18.1. The Morgan fingerprint density at radius 3 is 2.05 bits per heavy atom. The molecule has 2 aromatic carbocycles. The normalized spacial score (nSPS) is 20.0. The summed E-state index contributed by atoms with van der Waals surface area (Å²) in [6, 6.07) is 9.04. The molecule has 8 heteroatoms. The van der Waals surface area contributed by atoms with E-state index in [1.165, 1.54) is 24.0 Å². The highest BCUT2D eigenvalue weighted by Gasteiger charge is 2.46. The van der Waals surface area contributed by atoms with Crippen LogP contribution in [0.25, 0.3) is 11.1 Å². The molecule has 0 saturated carbocycles. The SMILES string of the molecule is CC(=O)[C@H](CC(C)C)c1cc(-c2ccc(C(F)(F)F)cc2)cc([C@@H]2CC[C@H](C(F)(F)F)N(CCC(C)C)C2)c1. The summed E-state index contributed by atoms with van der Waals surface area (Å²) in [7, 11) is 0. The second kappa shape index (κ2) is 12.4. The smallest absolute Gasteiger partial charge is 0.299 e. The average molecular weight is 556 g/mol. The molecule has 0 amide bonds. The number of alkyl halides is 6. The van der Waals surface area contributed by atoms with E-state index in [4.69, 9.17) is 0 Å². The Hall–Kier alpha value is -2.35. The van der Waals surface area contributed by atoms with Crippen LogP contribution in [-0.2, 0) is 11.0 Å². The lowest BCUT2D eigenvalue weighted by Crippen LogP contribution is -2.51. The molecule has 0 radical (unpaired) electrons. The first-order valence-electron chi connectivity index (χ1n) is 13.7. The van der Waals surface area contributed by atoms with Crippen molar-refractivity contribution in [3.63, 3.8) is 0 Å². The number of likely N-dealkylation sites (tertiary alicyclic amines) is 1. The molecule has 2 nitrogen and oxygen atoms in total. The monoisotopic (exact) mass is 555 g/mol. The topological polar surface area (TPSA) is 20.3 Å². The maximum Gasteiger partial charge on any atom is 0.416 e. The van der Waals surface area contributed by atoms with Gasteiger partial charge in [0.05, 0.1) is 5.56 Å². The molecule has 0 aliphatic carbocycles. The third kappa shape index (κ3) is 8.32. The first-order valence-corrected chi connectivity index (χ1v) is 13.7. The molecule has 39 heavy (non-hydrogen) atoms. The van der Waals surface area contributed by atoms with E-state index < -0.39 is 29.9 Å². The molecule has 1 aliphatic heterocycles. The number of hydrogen-bond acceptors (Lipinski definition) is 2. The van der Waals surface area contributed by atoms with E-state index in [-0.39, 0.29) is 36.5 Å². The minimum absolute atomic E-state index is 0.0152. The van der Waals surface area contributed by atoms with Gasteiger partial charge in [0.2, 0.25) is 0 Å². The summed E-state index contributed by atoms with van der Waals surface area (Å²) in [6.45, 7) is 10.1. The minimum atomic E-state index is -4.46. The van der Waals surface area contributed by atoms with Crippen LogP contribution in [0.3, 0.4) is 0 Å².